The van der Waals surface area contributed by atoms with E-state index in [-0.39, 0.29) is 6.10 Å². The summed E-state index contributed by atoms with van der Waals surface area (Å²) < 4.78 is 0. The standard InChI is InChI=1S/C18H36N2O/c1-13-8-9-20(12-17(13)21)11-14-10-15(18(2,3)4)6-7-16(14)19-5/h13-17,19,21H,6-12H2,1-5H3. The van der Waals surface area contributed by atoms with Crippen molar-refractivity contribution in [2.75, 3.05) is 26.7 Å². The first kappa shape index (κ1) is 17.2. The molecule has 1 aliphatic heterocycles. The van der Waals surface area contributed by atoms with Crippen LogP contribution >= 0.6 is 0 Å². The van der Waals surface area contributed by atoms with E-state index in [2.05, 4.69) is 45.0 Å². The maximum Gasteiger partial charge on any atom is 0.0693 e. The van der Waals surface area contributed by atoms with Crippen molar-refractivity contribution in [2.45, 2.75) is 65.5 Å². The van der Waals surface area contributed by atoms with Crippen LogP contribution in [0.5, 0.6) is 0 Å². The molecule has 0 radical (unpaired) electrons. The zero-order chi connectivity index (χ0) is 15.6. The van der Waals surface area contributed by atoms with Crippen molar-refractivity contribution in [3.8, 4) is 0 Å². The van der Waals surface area contributed by atoms with Crippen molar-refractivity contribution in [1.82, 2.24) is 10.2 Å². The number of piperidine rings is 1. The van der Waals surface area contributed by atoms with Gasteiger partial charge < -0.3 is 15.3 Å². The normalized spacial score (nSPS) is 39.4. The van der Waals surface area contributed by atoms with E-state index in [1.807, 2.05) is 0 Å². The molecule has 21 heavy (non-hydrogen) atoms. The van der Waals surface area contributed by atoms with Gasteiger partial charge in [-0.25, -0.2) is 0 Å². The summed E-state index contributed by atoms with van der Waals surface area (Å²) in [4.78, 5) is 2.50. The number of aliphatic hydroxyl groups is 1. The van der Waals surface area contributed by atoms with Crippen molar-refractivity contribution in [1.29, 1.82) is 0 Å². The van der Waals surface area contributed by atoms with Gasteiger partial charge in [0.25, 0.3) is 0 Å². The minimum atomic E-state index is -0.131. The van der Waals surface area contributed by atoms with Crippen LogP contribution in [-0.4, -0.2) is 48.8 Å². The number of nitrogens with zero attached hydrogens (tertiary/aromatic N) is 1. The lowest BCUT2D eigenvalue weighted by atomic mass is 9.67. The lowest BCUT2D eigenvalue weighted by Crippen LogP contribution is -2.50. The summed E-state index contributed by atoms with van der Waals surface area (Å²) in [7, 11) is 2.11. The molecule has 0 aromatic rings. The van der Waals surface area contributed by atoms with Crippen molar-refractivity contribution < 1.29 is 5.11 Å². The molecule has 2 N–H and O–H groups in total. The summed E-state index contributed by atoms with van der Waals surface area (Å²) in [5.41, 5.74) is 0.423. The largest absolute Gasteiger partial charge is 0.392 e. The molecule has 1 saturated heterocycles. The molecular formula is C18H36N2O. The average molecular weight is 296 g/mol. The van der Waals surface area contributed by atoms with Crippen LogP contribution < -0.4 is 5.32 Å². The fourth-order valence-corrected chi connectivity index (χ4v) is 4.24. The molecule has 5 unspecified atom stereocenters. The van der Waals surface area contributed by atoms with E-state index in [1.54, 1.807) is 0 Å². The van der Waals surface area contributed by atoms with Gasteiger partial charge in [0.15, 0.2) is 0 Å². The first-order valence-corrected chi connectivity index (χ1v) is 8.89. The molecule has 5 atom stereocenters. The maximum atomic E-state index is 10.1. The van der Waals surface area contributed by atoms with Crippen molar-refractivity contribution in [3.05, 3.63) is 0 Å². The van der Waals surface area contributed by atoms with Crippen LogP contribution in [0.4, 0.5) is 0 Å². The van der Waals surface area contributed by atoms with Crippen molar-refractivity contribution in [2.24, 2.45) is 23.2 Å². The molecule has 1 aliphatic carbocycles. The smallest absolute Gasteiger partial charge is 0.0693 e. The summed E-state index contributed by atoms with van der Waals surface area (Å²) in [6.45, 7) is 12.5. The molecule has 1 heterocycles. The number of nitrogens with one attached hydrogen (secondary N) is 1. The number of β-amino-alcohol motifs (C(OH)–C–C–N with tert-alkyl or cyclic N) is 1. The molecule has 2 fully saturated rings. The van der Waals surface area contributed by atoms with Crippen LogP contribution in [0.15, 0.2) is 0 Å². The van der Waals surface area contributed by atoms with Crippen LogP contribution in [0.25, 0.3) is 0 Å². The summed E-state index contributed by atoms with van der Waals surface area (Å²) >= 11 is 0. The Kier molecular flexibility index (Phi) is 5.72. The van der Waals surface area contributed by atoms with Crippen molar-refractivity contribution >= 4 is 0 Å². The van der Waals surface area contributed by atoms with E-state index in [9.17, 15) is 5.11 Å². The summed E-state index contributed by atoms with van der Waals surface area (Å²) in [6, 6.07) is 0.653. The summed E-state index contributed by atoms with van der Waals surface area (Å²) in [5, 5.41) is 13.7. The van der Waals surface area contributed by atoms with E-state index >= 15 is 0 Å². The highest BCUT2D eigenvalue weighted by Crippen LogP contribution is 2.40. The molecule has 2 aliphatic rings. The monoisotopic (exact) mass is 296 g/mol. The third-order valence-electron chi connectivity index (χ3n) is 6.07. The molecule has 0 bridgehead atoms. The van der Waals surface area contributed by atoms with Crippen LogP contribution in [0.3, 0.4) is 0 Å². The van der Waals surface area contributed by atoms with Gasteiger partial charge in [-0.1, -0.05) is 27.7 Å². The predicted octanol–water partition coefficient (Wildman–Crippen LogP) is 2.74. The minimum absolute atomic E-state index is 0.131. The molecule has 1 saturated carbocycles. The molecule has 0 spiro atoms. The third kappa shape index (κ3) is 4.43. The molecule has 0 aromatic carbocycles. The average Bonchev–Trinajstić information content (AvgIpc) is 2.42. The first-order chi connectivity index (χ1) is 9.81. The Morgan fingerprint density at radius 2 is 1.90 bits per heavy atom. The fourth-order valence-electron chi connectivity index (χ4n) is 4.24. The highest BCUT2D eigenvalue weighted by Gasteiger charge is 2.36. The van der Waals surface area contributed by atoms with Gasteiger partial charge in [-0.2, -0.15) is 0 Å². The van der Waals surface area contributed by atoms with Crippen LogP contribution in [0.1, 0.15) is 53.4 Å². The molecular weight excluding hydrogens is 260 g/mol. The Hall–Kier alpha value is -0.120. The maximum absolute atomic E-state index is 10.1. The van der Waals surface area contributed by atoms with Crippen LogP contribution in [0.2, 0.25) is 0 Å². The van der Waals surface area contributed by atoms with Gasteiger partial charge in [-0.15, -0.1) is 0 Å². The van der Waals surface area contributed by atoms with Gasteiger partial charge in [-0.05, 0) is 62.4 Å². The predicted molar refractivity (Wildman–Crippen MR) is 89.4 cm³/mol. The molecule has 0 aromatic heterocycles. The first-order valence-electron chi connectivity index (χ1n) is 8.89. The second-order valence-electron chi connectivity index (χ2n) is 8.62. The summed E-state index contributed by atoms with van der Waals surface area (Å²) in [6.07, 6.45) is 4.99. The van der Waals surface area contributed by atoms with Gasteiger partial charge in [0.05, 0.1) is 6.10 Å². The number of rotatable bonds is 3. The Bertz CT molecular complexity index is 326. The van der Waals surface area contributed by atoms with Crippen LogP contribution in [0, 0.1) is 23.2 Å². The molecule has 2 rings (SSSR count). The van der Waals surface area contributed by atoms with Gasteiger partial charge in [-0.3, -0.25) is 0 Å². The summed E-state index contributed by atoms with van der Waals surface area (Å²) in [5.74, 6) is 2.03. The lowest BCUT2D eigenvalue weighted by molar-refractivity contribution is 0.0102. The second-order valence-corrected chi connectivity index (χ2v) is 8.62. The lowest BCUT2D eigenvalue weighted by Gasteiger charge is -2.44. The van der Waals surface area contributed by atoms with E-state index in [4.69, 9.17) is 0 Å². The van der Waals surface area contributed by atoms with E-state index in [0.717, 1.165) is 37.9 Å². The van der Waals surface area contributed by atoms with Crippen molar-refractivity contribution in [3.63, 3.8) is 0 Å². The van der Waals surface area contributed by atoms with Gasteiger partial charge in [0.1, 0.15) is 0 Å². The molecule has 0 amide bonds. The number of likely N-dealkylation sites (tertiary alicyclic amines) is 1. The molecule has 124 valence electrons. The highest BCUT2D eigenvalue weighted by atomic mass is 16.3. The van der Waals surface area contributed by atoms with Gasteiger partial charge in [0, 0.05) is 19.1 Å². The Morgan fingerprint density at radius 3 is 2.48 bits per heavy atom. The second kappa shape index (κ2) is 6.97. The number of aliphatic hydroxyl groups excluding tert-OH is 1. The van der Waals surface area contributed by atoms with Gasteiger partial charge >= 0.3 is 0 Å². The zero-order valence-corrected chi connectivity index (χ0v) is 14.7. The number of hydrogen-bond acceptors (Lipinski definition) is 3. The minimum Gasteiger partial charge on any atom is -0.392 e. The topological polar surface area (TPSA) is 35.5 Å². The van der Waals surface area contributed by atoms with E-state index in [0.29, 0.717) is 17.4 Å². The molecule has 3 nitrogen and oxygen atoms in total. The Labute approximate surface area is 131 Å². The van der Waals surface area contributed by atoms with Gasteiger partial charge in [0.2, 0.25) is 0 Å². The molecule has 3 heteroatoms. The zero-order valence-electron chi connectivity index (χ0n) is 14.7. The van der Waals surface area contributed by atoms with E-state index in [1.165, 1.54) is 19.3 Å². The SMILES string of the molecule is CNC1CCC(C(C)(C)C)CC1CN1CCC(C)C(O)C1. The third-order valence-corrected chi connectivity index (χ3v) is 6.07. The van der Waals surface area contributed by atoms with Crippen LogP contribution in [-0.2, 0) is 0 Å². The number of hydrogen-bond donors (Lipinski definition) is 2. The van der Waals surface area contributed by atoms with E-state index < -0.39 is 0 Å². The Balaban J connectivity index is 1.95. The quantitative estimate of drug-likeness (QED) is 0.840. The highest BCUT2D eigenvalue weighted by molar-refractivity contribution is 4.91. The Morgan fingerprint density at radius 1 is 1.19 bits per heavy atom. The fraction of sp³-hybridized carbons (Fsp3) is 1.00.